The maximum absolute atomic E-state index is 11.7. The van der Waals surface area contributed by atoms with Crippen LogP contribution in [0.1, 0.15) is 12.8 Å². The van der Waals surface area contributed by atoms with Crippen LogP contribution >= 0.6 is 24.4 Å². The summed E-state index contributed by atoms with van der Waals surface area (Å²) in [7, 11) is -3.22. The maximum Gasteiger partial charge on any atom is 0.232 e. The average molecular weight is 291 g/mol. The van der Waals surface area contributed by atoms with Gasteiger partial charge in [-0.2, -0.15) is 12.6 Å². The van der Waals surface area contributed by atoms with Crippen LogP contribution in [-0.2, 0) is 10.0 Å². The Balaban J connectivity index is 2.56. The SMILES string of the molecule is CSc1ccc(NS(=O)(=O)CCCCS)cc1. The number of sulfonamides is 1. The standard InChI is InChI=1S/C11H17NO2S3/c1-16-11-6-4-10(5-7-11)12-17(13,14)9-3-2-8-15/h4-7,12,15H,2-3,8-9H2,1H3. The first-order valence-corrected chi connectivity index (χ1v) is 8.84. The van der Waals surface area contributed by atoms with Gasteiger partial charge in [-0.1, -0.05) is 0 Å². The Bertz CT molecular complexity index is 429. The summed E-state index contributed by atoms with van der Waals surface area (Å²) in [6.07, 6.45) is 3.44. The van der Waals surface area contributed by atoms with Gasteiger partial charge in [-0.3, -0.25) is 4.72 Å². The van der Waals surface area contributed by atoms with Crippen molar-refractivity contribution in [3.63, 3.8) is 0 Å². The van der Waals surface area contributed by atoms with Crippen LogP contribution in [0.4, 0.5) is 5.69 Å². The van der Waals surface area contributed by atoms with Gasteiger partial charge < -0.3 is 0 Å². The molecular weight excluding hydrogens is 274 g/mol. The molecule has 0 aliphatic rings. The molecule has 1 aromatic carbocycles. The Hall–Kier alpha value is -0.330. The Morgan fingerprint density at radius 2 is 1.88 bits per heavy atom. The van der Waals surface area contributed by atoms with Crippen molar-refractivity contribution in [2.45, 2.75) is 17.7 Å². The minimum atomic E-state index is -3.22. The van der Waals surface area contributed by atoms with Crippen LogP contribution in [0.15, 0.2) is 29.2 Å². The van der Waals surface area contributed by atoms with E-state index in [-0.39, 0.29) is 5.75 Å². The number of thiol groups is 1. The van der Waals surface area contributed by atoms with Gasteiger partial charge in [0.25, 0.3) is 0 Å². The maximum atomic E-state index is 11.7. The molecule has 0 fully saturated rings. The van der Waals surface area contributed by atoms with Crippen molar-refractivity contribution < 1.29 is 8.42 Å². The summed E-state index contributed by atoms with van der Waals surface area (Å²) < 4.78 is 25.9. The number of hydrogen-bond donors (Lipinski definition) is 2. The molecule has 17 heavy (non-hydrogen) atoms. The molecule has 0 unspecified atom stereocenters. The van der Waals surface area contributed by atoms with Crippen LogP contribution < -0.4 is 4.72 Å². The summed E-state index contributed by atoms with van der Waals surface area (Å²) in [4.78, 5) is 1.11. The zero-order valence-electron chi connectivity index (χ0n) is 9.72. The monoisotopic (exact) mass is 291 g/mol. The van der Waals surface area contributed by atoms with E-state index in [2.05, 4.69) is 17.4 Å². The van der Waals surface area contributed by atoms with Crippen molar-refractivity contribution in [1.29, 1.82) is 0 Å². The van der Waals surface area contributed by atoms with Gasteiger partial charge in [0, 0.05) is 10.6 Å². The van der Waals surface area contributed by atoms with Crippen LogP contribution in [0.25, 0.3) is 0 Å². The lowest BCUT2D eigenvalue weighted by Gasteiger charge is -2.08. The molecule has 0 radical (unpaired) electrons. The van der Waals surface area contributed by atoms with Crippen LogP contribution in [0.5, 0.6) is 0 Å². The lowest BCUT2D eigenvalue weighted by molar-refractivity contribution is 0.598. The average Bonchev–Trinajstić information content (AvgIpc) is 2.30. The predicted molar refractivity (Wildman–Crippen MR) is 78.7 cm³/mol. The van der Waals surface area contributed by atoms with E-state index >= 15 is 0 Å². The van der Waals surface area contributed by atoms with Crippen molar-refractivity contribution in [2.24, 2.45) is 0 Å². The largest absolute Gasteiger partial charge is 0.284 e. The third-order valence-electron chi connectivity index (χ3n) is 2.18. The molecular formula is C11H17NO2S3. The smallest absolute Gasteiger partial charge is 0.232 e. The summed E-state index contributed by atoms with van der Waals surface area (Å²) in [5, 5.41) is 0. The highest BCUT2D eigenvalue weighted by Gasteiger charge is 2.09. The van der Waals surface area contributed by atoms with Gasteiger partial charge in [-0.25, -0.2) is 8.42 Å². The molecule has 0 aliphatic carbocycles. The summed E-state index contributed by atoms with van der Waals surface area (Å²) in [6.45, 7) is 0. The fourth-order valence-corrected chi connectivity index (χ4v) is 3.11. The summed E-state index contributed by atoms with van der Waals surface area (Å²) in [5.74, 6) is 0.871. The molecule has 0 aliphatic heterocycles. The van der Waals surface area contributed by atoms with Crippen LogP contribution in [0.2, 0.25) is 0 Å². The molecule has 0 amide bonds. The number of benzene rings is 1. The highest BCUT2D eigenvalue weighted by molar-refractivity contribution is 7.98. The van der Waals surface area contributed by atoms with E-state index in [0.29, 0.717) is 12.1 Å². The molecule has 1 N–H and O–H groups in total. The minimum Gasteiger partial charge on any atom is -0.284 e. The number of hydrogen-bond acceptors (Lipinski definition) is 4. The Labute approximate surface area is 113 Å². The predicted octanol–water partition coefficient (Wildman–Crippen LogP) is 2.86. The second kappa shape index (κ2) is 7.18. The summed E-state index contributed by atoms with van der Waals surface area (Å²) in [5.41, 5.74) is 0.619. The fraction of sp³-hybridized carbons (Fsp3) is 0.455. The van der Waals surface area contributed by atoms with E-state index in [1.165, 1.54) is 0 Å². The third-order valence-corrected chi connectivity index (χ3v) is 4.62. The molecule has 0 heterocycles. The number of nitrogens with one attached hydrogen (secondary N) is 1. The molecule has 1 aromatic rings. The Morgan fingerprint density at radius 1 is 1.24 bits per heavy atom. The second-order valence-corrected chi connectivity index (χ2v) is 6.75. The van der Waals surface area contributed by atoms with Crippen molar-refractivity contribution in [3.8, 4) is 0 Å². The fourth-order valence-electron chi connectivity index (χ4n) is 1.29. The number of rotatable bonds is 7. The first-order chi connectivity index (χ1) is 8.07. The summed E-state index contributed by atoms with van der Waals surface area (Å²) >= 11 is 5.68. The lowest BCUT2D eigenvalue weighted by Crippen LogP contribution is -2.16. The van der Waals surface area contributed by atoms with Gasteiger partial charge in [-0.05, 0) is 49.1 Å². The first-order valence-electron chi connectivity index (χ1n) is 5.33. The number of thioether (sulfide) groups is 1. The molecule has 0 saturated carbocycles. The van der Waals surface area contributed by atoms with Gasteiger partial charge in [0.1, 0.15) is 0 Å². The van der Waals surface area contributed by atoms with E-state index in [9.17, 15) is 8.42 Å². The van der Waals surface area contributed by atoms with Crippen molar-refractivity contribution >= 4 is 40.1 Å². The van der Waals surface area contributed by atoms with Gasteiger partial charge in [-0.15, -0.1) is 11.8 Å². The lowest BCUT2D eigenvalue weighted by atomic mass is 10.3. The van der Waals surface area contributed by atoms with E-state index in [1.54, 1.807) is 23.9 Å². The molecule has 96 valence electrons. The normalized spacial score (nSPS) is 11.4. The highest BCUT2D eigenvalue weighted by atomic mass is 32.2. The van der Waals surface area contributed by atoms with Gasteiger partial charge in [0.15, 0.2) is 0 Å². The zero-order valence-corrected chi connectivity index (χ0v) is 12.2. The van der Waals surface area contributed by atoms with Crippen molar-refractivity contribution in [1.82, 2.24) is 0 Å². The Morgan fingerprint density at radius 3 is 2.41 bits per heavy atom. The Kier molecular flexibility index (Phi) is 6.22. The van der Waals surface area contributed by atoms with Crippen molar-refractivity contribution in [3.05, 3.63) is 24.3 Å². The topological polar surface area (TPSA) is 46.2 Å². The van der Waals surface area contributed by atoms with Gasteiger partial charge >= 0.3 is 0 Å². The van der Waals surface area contributed by atoms with Crippen LogP contribution in [0, 0.1) is 0 Å². The quantitative estimate of drug-likeness (QED) is 0.461. The molecule has 0 bridgehead atoms. The second-order valence-electron chi connectivity index (χ2n) is 3.58. The summed E-state index contributed by atoms with van der Waals surface area (Å²) in [6, 6.07) is 7.36. The van der Waals surface area contributed by atoms with Crippen molar-refractivity contribution in [2.75, 3.05) is 22.5 Å². The van der Waals surface area contributed by atoms with E-state index in [1.807, 2.05) is 18.4 Å². The van der Waals surface area contributed by atoms with E-state index < -0.39 is 10.0 Å². The van der Waals surface area contributed by atoms with Crippen LogP contribution in [0.3, 0.4) is 0 Å². The molecule has 0 aromatic heterocycles. The molecule has 0 saturated heterocycles. The van der Waals surface area contributed by atoms with Gasteiger partial charge in [0.05, 0.1) is 5.75 Å². The molecule has 0 spiro atoms. The van der Waals surface area contributed by atoms with E-state index in [0.717, 1.165) is 17.1 Å². The number of anilines is 1. The van der Waals surface area contributed by atoms with E-state index in [4.69, 9.17) is 0 Å². The van der Waals surface area contributed by atoms with Crippen LogP contribution in [-0.4, -0.2) is 26.2 Å². The minimum absolute atomic E-state index is 0.151. The number of unbranched alkanes of at least 4 members (excludes halogenated alkanes) is 1. The molecule has 3 nitrogen and oxygen atoms in total. The molecule has 1 rings (SSSR count). The molecule has 6 heteroatoms. The first kappa shape index (κ1) is 14.7. The highest BCUT2D eigenvalue weighted by Crippen LogP contribution is 2.18. The molecule has 0 atom stereocenters. The van der Waals surface area contributed by atoms with Gasteiger partial charge in [0.2, 0.25) is 10.0 Å². The zero-order chi connectivity index (χ0) is 12.7. The third kappa shape index (κ3) is 5.70.